The lowest BCUT2D eigenvalue weighted by atomic mass is 10.1. The number of amides is 2. The molecule has 0 atom stereocenters. The molecule has 8 nitrogen and oxygen atoms in total. The monoisotopic (exact) mass is 540 g/mol. The Kier molecular flexibility index (Phi) is 7.35. The van der Waals surface area contributed by atoms with E-state index in [-0.39, 0.29) is 11.8 Å². The number of pyridine rings is 2. The lowest BCUT2D eigenvalue weighted by Crippen LogP contribution is -2.17. The molecule has 2 N–H and O–H groups in total. The molecule has 0 bridgehead atoms. The average molecular weight is 541 g/mol. The zero-order valence-corrected chi connectivity index (χ0v) is 21.1. The van der Waals surface area contributed by atoms with Crippen LogP contribution in [0.25, 0.3) is 21.8 Å². The van der Waals surface area contributed by atoms with Crippen molar-refractivity contribution in [1.82, 2.24) is 20.8 Å². The number of nitrogens with zero attached hydrogens (tertiary/aromatic N) is 4. The van der Waals surface area contributed by atoms with Crippen LogP contribution in [0.15, 0.2) is 95.1 Å². The van der Waals surface area contributed by atoms with Gasteiger partial charge < -0.3 is 0 Å². The van der Waals surface area contributed by atoms with Gasteiger partial charge in [0.2, 0.25) is 0 Å². The quantitative estimate of drug-likeness (QED) is 0.165. The van der Waals surface area contributed by atoms with Gasteiger partial charge in [0.05, 0.1) is 34.9 Å². The van der Waals surface area contributed by atoms with Crippen molar-refractivity contribution in [2.24, 2.45) is 10.2 Å². The van der Waals surface area contributed by atoms with E-state index in [2.05, 4.69) is 31.0 Å². The summed E-state index contributed by atoms with van der Waals surface area (Å²) in [6, 6.07) is 24.3. The first-order valence-corrected chi connectivity index (χ1v) is 12.1. The number of benzene rings is 3. The van der Waals surface area contributed by atoms with Gasteiger partial charge in [-0.3, -0.25) is 9.59 Å². The molecule has 186 valence electrons. The molecular weight excluding hydrogens is 523 g/mol. The topological polar surface area (TPSA) is 109 Å². The highest BCUT2D eigenvalue weighted by Gasteiger charge is 2.07. The summed E-state index contributed by atoms with van der Waals surface area (Å²) < 4.78 is 0. The fourth-order valence-corrected chi connectivity index (χ4v) is 3.84. The SMILES string of the molecule is O=C(N/N=C\c1ccc2ccc3ccc(/C=N\NC(=O)c4ccc(Cl)cc4)nc3c2n1)c1ccc(Cl)cc1. The molecule has 2 aromatic heterocycles. The Hall–Kier alpha value is -4.66. The van der Waals surface area contributed by atoms with Gasteiger partial charge in [-0.05, 0) is 60.7 Å². The van der Waals surface area contributed by atoms with Crippen LogP contribution in [-0.2, 0) is 0 Å². The molecule has 0 saturated heterocycles. The average Bonchev–Trinajstić information content (AvgIpc) is 2.93. The number of aromatic nitrogens is 2. The van der Waals surface area contributed by atoms with Crippen molar-refractivity contribution >= 4 is 69.3 Å². The Morgan fingerprint density at radius 2 is 0.947 bits per heavy atom. The van der Waals surface area contributed by atoms with Crippen molar-refractivity contribution < 1.29 is 9.59 Å². The molecule has 2 amide bonds. The number of carbonyl (C=O) groups excluding carboxylic acids is 2. The third kappa shape index (κ3) is 5.83. The fourth-order valence-electron chi connectivity index (χ4n) is 3.59. The van der Waals surface area contributed by atoms with E-state index in [1.54, 1.807) is 60.7 Å². The van der Waals surface area contributed by atoms with Gasteiger partial charge in [0.15, 0.2) is 0 Å². The van der Waals surface area contributed by atoms with Crippen molar-refractivity contribution in [3.8, 4) is 0 Å². The molecule has 2 heterocycles. The first-order valence-electron chi connectivity index (χ1n) is 11.3. The van der Waals surface area contributed by atoms with Crippen molar-refractivity contribution in [3.05, 3.63) is 117 Å². The number of carbonyl (C=O) groups is 2. The van der Waals surface area contributed by atoms with Crippen molar-refractivity contribution in [1.29, 1.82) is 0 Å². The highest BCUT2D eigenvalue weighted by atomic mass is 35.5. The number of hydrazone groups is 2. The van der Waals surface area contributed by atoms with Crippen LogP contribution in [0, 0.1) is 0 Å². The first-order chi connectivity index (χ1) is 18.5. The molecule has 0 aliphatic rings. The van der Waals surface area contributed by atoms with Crippen LogP contribution >= 0.6 is 23.2 Å². The summed E-state index contributed by atoms with van der Waals surface area (Å²) in [5, 5.41) is 10.9. The maximum absolute atomic E-state index is 12.3. The van der Waals surface area contributed by atoms with Gasteiger partial charge in [0.25, 0.3) is 11.8 Å². The van der Waals surface area contributed by atoms with E-state index in [1.165, 1.54) is 12.4 Å². The minimum Gasteiger partial charge on any atom is -0.267 e. The van der Waals surface area contributed by atoms with E-state index in [0.29, 0.717) is 43.6 Å². The molecule has 0 aliphatic carbocycles. The van der Waals surface area contributed by atoms with Crippen molar-refractivity contribution in [3.63, 3.8) is 0 Å². The summed E-state index contributed by atoms with van der Waals surface area (Å²) in [4.78, 5) is 33.9. The summed E-state index contributed by atoms with van der Waals surface area (Å²) in [6.45, 7) is 0. The van der Waals surface area contributed by atoms with Crippen LogP contribution in [0.1, 0.15) is 32.1 Å². The molecule has 0 radical (unpaired) electrons. The third-order valence-corrected chi connectivity index (χ3v) is 6.01. The van der Waals surface area contributed by atoms with E-state index in [4.69, 9.17) is 23.2 Å². The highest BCUT2D eigenvalue weighted by molar-refractivity contribution is 6.31. The second kappa shape index (κ2) is 11.2. The maximum Gasteiger partial charge on any atom is 0.271 e. The normalized spacial score (nSPS) is 11.4. The Bertz CT molecular complexity index is 1590. The van der Waals surface area contributed by atoms with E-state index in [1.807, 2.05) is 24.3 Å². The van der Waals surface area contributed by atoms with E-state index < -0.39 is 0 Å². The van der Waals surface area contributed by atoms with E-state index in [9.17, 15) is 9.59 Å². The molecule has 0 aliphatic heterocycles. The summed E-state index contributed by atoms with van der Waals surface area (Å²) >= 11 is 11.7. The first kappa shape index (κ1) is 25.0. The second-order valence-electron chi connectivity index (χ2n) is 8.09. The molecular formula is C28H18Cl2N6O2. The van der Waals surface area contributed by atoms with E-state index in [0.717, 1.165) is 10.8 Å². The number of fused-ring (bicyclic) bond motifs is 3. The zero-order valence-electron chi connectivity index (χ0n) is 19.6. The summed E-state index contributed by atoms with van der Waals surface area (Å²) in [5.74, 6) is -0.726. The predicted molar refractivity (Wildman–Crippen MR) is 150 cm³/mol. The fraction of sp³-hybridized carbons (Fsp3) is 0. The minimum atomic E-state index is -0.363. The van der Waals surface area contributed by atoms with Gasteiger partial charge in [-0.1, -0.05) is 47.5 Å². The van der Waals surface area contributed by atoms with Crippen LogP contribution in [0.4, 0.5) is 0 Å². The maximum atomic E-state index is 12.3. The lowest BCUT2D eigenvalue weighted by molar-refractivity contribution is 0.0947. The Morgan fingerprint density at radius 3 is 1.34 bits per heavy atom. The van der Waals surface area contributed by atoms with Crippen molar-refractivity contribution in [2.45, 2.75) is 0 Å². The van der Waals surface area contributed by atoms with Crippen LogP contribution in [0.5, 0.6) is 0 Å². The summed E-state index contributed by atoms with van der Waals surface area (Å²) in [6.07, 6.45) is 2.92. The van der Waals surface area contributed by atoms with Crippen molar-refractivity contribution in [2.75, 3.05) is 0 Å². The van der Waals surface area contributed by atoms with E-state index >= 15 is 0 Å². The number of hydrogen-bond donors (Lipinski definition) is 2. The van der Waals surface area contributed by atoms with Crippen LogP contribution in [0.2, 0.25) is 10.0 Å². The molecule has 0 unspecified atom stereocenters. The number of nitrogens with one attached hydrogen (secondary N) is 2. The molecule has 0 fully saturated rings. The Morgan fingerprint density at radius 1 is 0.579 bits per heavy atom. The van der Waals surface area contributed by atoms with Gasteiger partial charge in [-0.25, -0.2) is 20.8 Å². The lowest BCUT2D eigenvalue weighted by Gasteiger charge is -2.05. The molecule has 38 heavy (non-hydrogen) atoms. The number of rotatable bonds is 6. The van der Waals surface area contributed by atoms with Gasteiger partial charge in [0.1, 0.15) is 0 Å². The highest BCUT2D eigenvalue weighted by Crippen LogP contribution is 2.22. The second-order valence-corrected chi connectivity index (χ2v) is 8.97. The Balaban J connectivity index is 1.34. The zero-order chi connectivity index (χ0) is 26.5. The Labute approximate surface area is 227 Å². The molecule has 5 rings (SSSR count). The van der Waals surface area contributed by atoms with Gasteiger partial charge >= 0.3 is 0 Å². The summed E-state index contributed by atoms with van der Waals surface area (Å²) in [7, 11) is 0. The minimum absolute atomic E-state index is 0.363. The van der Waals surface area contributed by atoms with Gasteiger partial charge in [-0.2, -0.15) is 10.2 Å². The van der Waals surface area contributed by atoms with Gasteiger partial charge in [-0.15, -0.1) is 0 Å². The molecule has 3 aromatic carbocycles. The number of halogens is 2. The van der Waals surface area contributed by atoms with Gasteiger partial charge in [0, 0.05) is 31.9 Å². The van der Waals surface area contributed by atoms with Crippen LogP contribution in [-0.4, -0.2) is 34.2 Å². The largest absolute Gasteiger partial charge is 0.271 e. The molecule has 10 heteroatoms. The van der Waals surface area contributed by atoms with Crippen LogP contribution in [0.3, 0.4) is 0 Å². The number of hydrogen-bond acceptors (Lipinski definition) is 6. The van der Waals surface area contributed by atoms with Crippen LogP contribution < -0.4 is 10.9 Å². The predicted octanol–water partition coefficient (Wildman–Crippen LogP) is 5.62. The molecule has 5 aromatic rings. The summed E-state index contributed by atoms with van der Waals surface area (Å²) in [5.41, 5.74) is 8.24. The molecule has 0 spiro atoms. The third-order valence-electron chi connectivity index (χ3n) is 5.50. The smallest absolute Gasteiger partial charge is 0.267 e. The molecule has 0 saturated carbocycles. The standard InChI is InChI=1S/C28H18Cl2N6O2/c29-21-9-3-19(4-10-21)27(37)35-31-15-23-13-7-17-1-2-18-8-14-24(34-26(18)25(17)33-23)16-32-36-28(38)20-5-11-22(30)12-6-20/h1-16H,(H,35,37)(H,36,38)/b31-15-,32-16-.